The minimum atomic E-state index is 0.0364. The zero-order chi connectivity index (χ0) is 16.8. The summed E-state index contributed by atoms with van der Waals surface area (Å²) in [5, 5.41) is 10.9. The van der Waals surface area contributed by atoms with Gasteiger partial charge in [0.1, 0.15) is 0 Å². The van der Waals surface area contributed by atoms with Crippen molar-refractivity contribution >= 4 is 5.96 Å². The lowest BCUT2D eigenvalue weighted by Gasteiger charge is -2.41. The van der Waals surface area contributed by atoms with E-state index in [0.717, 1.165) is 38.6 Å². The third-order valence-corrected chi connectivity index (χ3v) is 5.01. The maximum Gasteiger partial charge on any atom is 0.191 e. The first-order valence-electron chi connectivity index (χ1n) is 9.08. The lowest BCUT2D eigenvalue weighted by atomic mass is 9.88. The Labute approximate surface area is 145 Å². The van der Waals surface area contributed by atoms with Crippen LogP contribution in [0.5, 0.6) is 0 Å². The van der Waals surface area contributed by atoms with Crippen LogP contribution in [0.15, 0.2) is 35.3 Å². The van der Waals surface area contributed by atoms with Gasteiger partial charge >= 0.3 is 0 Å². The highest BCUT2D eigenvalue weighted by molar-refractivity contribution is 5.80. The van der Waals surface area contributed by atoms with Crippen LogP contribution >= 0.6 is 0 Å². The van der Waals surface area contributed by atoms with E-state index in [2.05, 4.69) is 58.2 Å². The molecule has 2 fully saturated rings. The molecule has 0 radical (unpaired) electrons. The number of nitrogens with zero attached hydrogens (tertiary/aromatic N) is 1. The Bertz CT molecular complexity index is 536. The van der Waals surface area contributed by atoms with Gasteiger partial charge < -0.3 is 20.7 Å². The number of hydrogen-bond acceptors (Lipinski definition) is 3. The van der Waals surface area contributed by atoms with Crippen molar-refractivity contribution in [2.45, 2.75) is 50.2 Å². The second kappa shape index (κ2) is 7.99. The van der Waals surface area contributed by atoms with Crippen LogP contribution in [0.1, 0.15) is 44.2 Å². The lowest BCUT2D eigenvalue weighted by molar-refractivity contribution is 0.0355. The van der Waals surface area contributed by atoms with Crippen LogP contribution < -0.4 is 16.0 Å². The average molecular weight is 330 g/mol. The van der Waals surface area contributed by atoms with E-state index < -0.39 is 0 Å². The van der Waals surface area contributed by atoms with E-state index in [1.165, 1.54) is 18.4 Å². The molecule has 5 heteroatoms. The minimum absolute atomic E-state index is 0.0364. The molecule has 1 unspecified atom stereocenters. The Morgan fingerprint density at radius 2 is 1.96 bits per heavy atom. The van der Waals surface area contributed by atoms with Gasteiger partial charge in [-0.1, -0.05) is 30.3 Å². The van der Waals surface area contributed by atoms with E-state index in [-0.39, 0.29) is 5.54 Å². The molecule has 0 amide bonds. The smallest absolute Gasteiger partial charge is 0.191 e. The van der Waals surface area contributed by atoms with Crippen molar-refractivity contribution in [2.75, 3.05) is 26.8 Å². The third-order valence-electron chi connectivity index (χ3n) is 5.01. The monoisotopic (exact) mass is 330 g/mol. The van der Waals surface area contributed by atoms with E-state index >= 15 is 0 Å². The fourth-order valence-corrected chi connectivity index (χ4v) is 3.29. The first-order valence-corrected chi connectivity index (χ1v) is 9.08. The van der Waals surface area contributed by atoms with Crippen molar-refractivity contribution in [3.63, 3.8) is 0 Å². The minimum Gasteiger partial charge on any atom is -0.381 e. The summed E-state index contributed by atoms with van der Waals surface area (Å²) in [6, 6.07) is 11.6. The summed E-state index contributed by atoms with van der Waals surface area (Å²) in [4.78, 5) is 4.36. The molecule has 3 rings (SSSR count). The number of ether oxygens (including phenoxy) is 1. The van der Waals surface area contributed by atoms with Gasteiger partial charge in [0.2, 0.25) is 0 Å². The van der Waals surface area contributed by atoms with Gasteiger partial charge in [0.05, 0.1) is 0 Å². The van der Waals surface area contributed by atoms with E-state index in [9.17, 15) is 0 Å². The molecule has 1 saturated carbocycles. The number of benzene rings is 1. The second-order valence-corrected chi connectivity index (χ2v) is 7.01. The van der Waals surface area contributed by atoms with Crippen molar-refractivity contribution in [3.05, 3.63) is 35.9 Å². The quantitative estimate of drug-likeness (QED) is 0.553. The normalized spacial score (nSPS) is 22.0. The maximum atomic E-state index is 5.61. The average Bonchev–Trinajstić information content (AvgIpc) is 3.44. The Balaban J connectivity index is 1.63. The molecule has 0 spiro atoms. The standard InChI is InChI=1S/C19H30N4O/c1-15(16-6-4-3-5-7-16)23-19(10-12-24-13-11-19)14-21-18(20-2)22-17-8-9-17/h3-7,15,17,23H,8-14H2,1-2H3,(H2,20,21,22). The summed E-state index contributed by atoms with van der Waals surface area (Å²) < 4.78 is 5.61. The largest absolute Gasteiger partial charge is 0.381 e. The van der Waals surface area contributed by atoms with Crippen LogP contribution in [0.25, 0.3) is 0 Å². The molecule has 5 nitrogen and oxygen atoms in total. The first kappa shape index (κ1) is 17.2. The maximum absolute atomic E-state index is 5.61. The molecular formula is C19H30N4O. The molecule has 1 aliphatic heterocycles. The fourth-order valence-electron chi connectivity index (χ4n) is 3.29. The van der Waals surface area contributed by atoms with E-state index in [4.69, 9.17) is 4.74 Å². The van der Waals surface area contributed by atoms with Gasteiger partial charge in [-0.15, -0.1) is 0 Å². The summed E-state index contributed by atoms with van der Waals surface area (Å²) >= 11 is 0. The third kappa shape index (κ3) is 4.71. The zero-order valence-electron chi connectivity index (χ0n) is 14.8. The predicted molar refractivity (Wildman–Crippen MR) is 98.3 cm³/mol. The molecule has 24 heavy (non-hydrogen) atoms. The molecule has 1 aromatic rings. The molecule has 132 valence electrons. The van der Waals surface area contributed by atoms with Crippen LogP contribution in [0, 0.1) is 0 Å². The number of aliphatic imine (C=N–C) groups is 1. The summed E-state index contributed by atoms with van der Waals surface area (Å²) in [5.41, 5.74) is 1.36. The second-order valence-electron chi connectivity index (χ2n) is 7.01. The Morgan fingerprint density at radius 3 is 2.58 bits per heavy atom. The highest BCUT2D eigenvalue weighted by Gasteiger charge is 2.34. The first-order chi connectivity index (χ1) is 11.7. The highest BCUT2D eigenvalue weighted by atomic mass is 16.5. The molecule has 0 bridgehead atoms. The highest BCUT2D eigenvalue weighted by Crippen LogP contribution is 2.25. The fraction of sp³-hybridized carbons (Fsp3) is 0.632. The Kier molecular flexibility index (Phi) is 5.74. The van der Waals surface area contributed by atoms with Gasteiger partial charge in [0.15, 0.2) is 5.96 Å². The van der Waals surface area contributed by atoms with Gasteiger partial charge in [-0.3, -0.25) is 4.99 Å². The zero-order valence-corrected chi connectivity index (χ0v) is 14.8. The molecule has 1 aromatic carbocycles. The molecule has 0 aromatic heterocycles. The SMILES string of the molecule is CN=C(NCC1(NC(C)c2ccccc2)CCOCC1)NC1CC1. The summed E-state index contributed by atoms with van der Waals surface area (Å²) in [5.74, 6) is 0.914. The van der Waals surface area contributed by atoms with E-state index in [1.54, 1.807) is 0 Å². The molecule has 1 aliphatic carbocycles. The molecular weight excluding hydrogens is 300 g/mol. The van der Waals surface area contributed by atoms with Crippen molar-refractivity contribution in [2.24, 2.45) is 4.99 Å². The molecule has 1 saturated heterocycles. The molecule has 2 aliphatic rings. The summed E-state index contributed by atoms with van der Waals surface area (Å²) in [7, 11) is 1.84. The van der Waals surface area contributed by atoms with Gasteiger partial charge in [-0.2, -0.15) is 0 Å². The van der Waals surface area contributed by atoms with Crippen molar-refractivity contribution in [1.82, 2.24) is 16.0 Å². The van der Waals surface area contributed by atoms with E-state index in [1.807, 2.05) is 7.05 Å². The molecule has 1 atom stereocenters. The predicted octanol–water partition coefficient (Wildman–Crippen LogP) is 2.21. The van der Waals surface area contributed by atoms with E-state index in [0.29, 0.717) is 12.1 Å². The topological polar surface area (TPSA) is 57.7 Å². The van der Waals surface area contributed by atoms with Crippen molar-refractivity contribution < 1.29 is 4.74 Å². The molecule has 1 heterocycles. The number of guanidine groups is 1. The van der Waals surface area contributed by atoms with Gasteiger partial charge in [0.25, 0.3) is 0 Å². The van der Waals surface area contributed by atoms with Crippen LogP contribution in [-0.4, -0.2) is 44.3 Å². The number of hydrogen-bond donors (Lipinski definition) is 3. The number of nitrogens with one attached hydrogen (secondary N) is 3. The lowest BCUT2D eigenvalue weighted by Crippen LogP contribution is -2.58. The Morgan fingerprint density at radius 1 is 1.25 bits per heavy atom. The summed E-state index contributed by atoms with van der Waals surface area (Å²) in [6.45, 7) is 4.72. The van der Waals surface area contributed by atoms with Gasteiger partial charge in [-0.25, -0.2) is 0 Å². The van der Waals surface area contributed by atoms with Crippen molar-refractivity contribution in [1.29, 1.82) is 0 Å². The van der Waals surface area contributed by atoms with Gasteiger partial charge in [0, 0.05) is 44.4 Å². The van der Waals surface area contributed by atoms with Crippen LogP contribution in [-0.2, 0) is 4.74 Å². The van der Waals surface area contributed by atoms with Crippen molar-refractivity contribution in [3.8, 4) is 0 Å². The van der Waals surface area contributed by atoms with Crippen LogP contribution in [0.3, 0.4) is 0 Å². The van der Waals surface area contributed by atoms with Gasteiger partial charge in [-0.05, 0) is 38.2 Å². The molecule has 3 N–H and O–H groups in total. The summed E-state index contributed by atoms with van der Waals surface area (Å²) in [6.07, 6.45) is 4.53. The number of rotatable bonds is 6. The van der Waals surface area contributed by atoms with Crippen LogP contribution in [0.2, 0.25) is 0 Å². The Hall–Kier alpha value is -1.59. The van der Waals surface area contributed by atoms with Crippen LogP contribution in [0.4, 0.5) is 0 Å².